The number of epoxide rings is 1. The topological polar surface area (TPSA) is 245 Å². The third-order valence-corrected chi connectivity index (χ3v) is 12.0. The van der Waals surface area contributed by atoms with Gasteiger partial charge in [0, 0.05) is 38.2 Å². The summed E-state index contributed by atoms with van der Waals surface area (Å²) in [6.45, 7) is 5.39. The number of aliphatic hydroxyl groups is 4. The number of carbonyl (C=O) groups is 4. The van der Waals surface area contributed by atoms with Gasteiger partial charge in [0.1, 0.15) is 30.5 Å². The fraction of sp³-hybridized carbons (Fsp3) is 0.700. The van der Waals surface area contributed by atoms with Crippen LogP contribution in [0.5, 0.6) is 0 Å². The Labute approximate surface area is 334 Å². The summed E-state index contributed by atoms with van der Waals surface area (Å²) >= 11 is 0. The zero-order valence-corrected chi connectivity index (χ0v) is 32.7. The van der Waals surface area contributed by atoms with Gasteiger partial charge in [-0.15, -0.1) is 0 Å². The molecule has 58 heavy (non-hydrogen) atoms. The second-order valence-corrected chi connectivity index (χ2v) is 16.0. The Morgan fingerprint density at radius 2 is 1.55 bits per heavy atom. The van der Waals surface area contributed by atoms with E-state index in [-0.39, 0.29) is 31.3 Å². The first kappa shape index (κ1) is 42.6. The average molecular weight is 821 g/mol. The summed E-state index contributed by atoms with van der Waals surface area (Å²) in [6, 6.07) is 9.38. The molecule has 1 aromatic rings. The number of aliphatic hydroxyl groups excluding tert-OH is 4. The van der Waals surface area contributed by atoms with Crippen LogP contribution >= 0.6 is 0 Å². The molecule has 0 radical (unpaired) electrons. The molecule has 1 saturated carbocycles. The largest absolute Gasteiger partial charge is 0.459 e. The molecule has 2 spiro atoms. The zero-order chi connectivity index (χ0) is 41.5. The van der Waals surface area contributed by atoms with E-state index < -0.39 is 121 Å². The Hall–Kier alpha value is -3.56. The first-order chi connectivity index (χ1) is 27.6. The predicted molar refractivity (Wildman–Crippen MR) is 192 cm³/mol. The molecule has 0 bridgehead atoms. The Balaban J connectivity index is 1.05. The van der Waals surface area contributed by atoms with Crippen LogP contribution in [0.1, 0.15) is 58.9 Å². The van der Waals surface area contributed by atoms with Crippen molar-refractivity contribution in [1.29, 1.82) is 0 Å². The molecule has 0 aromatic heterocycles. The van der Waals surface area contributed by atoms with Gasteiger partial charge in [-0.3, -0.25) is 14.4 Å². The molecule has 5 aliphatic heterocycles. The van der Waals surface area contributed by atoms with Crippen molar-refractivity contribution in [3.8, 4) is 0 Å². The molecule has 320 valence electrons. The van der Waals surface area contributed by atoms with Crippen molar-refractivity contribution in [1.82, 2.24) is 0 Å². The van der Waals surface area contributed by atoms with Gasteiger partial charge in [-0.05, 0) is 37.8 Å². The maximum atomic E-state index is 14.0. The fourth-order valence-corrected chi connectivity index (χ4v) is 8.91. The van der Waals surface area contributed by atoms with Gasteiger partial charge >= 0.3 is 23.9 Å². The third kappa shape index (κ3) is 8.41. The summed E-state index contributed by atoms with van der Waals surface area (Å²) in [5, 5.41) is 42.8. The van der Waals surface area contributed by atoms with Crippen LogP contribution in [0.25, 0.3) is 6.08 Å². The molecular weight excluding hydrogens is 768 g/mol. The van der Waals surface area contributed by atoms with Gasteiger partial charge in [0.25, 0.3) is 0 Å². The quantitative estimate of drug-likeness (QED) is 0.107. The fourth-order valence-electron chi connectivity index (χ4n) is 8.91. The van der Waals surface area contributed by atoms with E-state index in [1.54, 1.807) is 6.08 Å². The number of hydrogen-bond donors (Lipinski definition) is 4. The smallest absolute Gasteiger partial charge is 0.331 e. The molecule has 4 N–H and O–H groups in total. The molecular formula is C40H52O18. The minimum absolute atomic E-state index is 0.131. The van der Waals surface area contributed by atoms with Crippen LogP contribution in [0.15, 0.2) is 36.4 Å². The summed E-state index contributed by atoms with van der Waals surface area (Å²) in [5.41, 5.74) is 0.0624. The standard InChI is InChI=1S/C40H52O18/c1-19-17-49-40(15-27(19)54-29(44)13-10-23-8-6-5-7-9-23)39(18-50-39)25-12-11-24(14-26(25)58-40)36(48)57-38-35(34(53-22(4)43)31(46)28(16-41)55-38)56-37-32(47)33(52-21(3)42)30(45)20(2)51-37/h5-10,13,19-20,24-28,30-35,37-38,41,45-47H,11-12,14-18H2,1-4H3/t19-,20+,24+,25+,26-,27+,28+,30+,31+,32+,33-,34-,35+,37-,38-,39+,40-/m0/s1. The van der Waals surface area contributed by atoms with Crippen molar-refractivity contribution in [3.05, 3.63) is 42.0 Å². The summed E-state index contributed by atoms with van der Waals surface area (Å²) < 4.78 is 59.1. The van der Waals surface area contributed by atoms with Gasteiger partial charge in [-0.2, -0.15) is 0 Å². The lowest BCUT2D eigenvalue weighted by molar-refractivity contribution is -0.360. The SMILES string of the molecule is CC(=O)O[C@@H]1[C@@H](O)[C@H](O[C@H]2[C@H](OC(=O)[C@@H]3CC[C@@H]4[C@H](C3)O[C@@]3(C[C@@H](OC(=O)C=Cc5ccccc5)[C@@H](C)CO3)[C@@]43CO3)O[C@H](CO)[C@@H](O)[C@@H]2OC(C)=O)O[C@H](C)[C@H]1O. The van der Waals surface area contributed by atoms with Crippen molar-refractivity contribution in [3.63, 3.8) is 0 Å². The van der Waals surface area contributed by atoms with Crippen LogP contribution in [0.3, 0.4) is 0 Å². The van der Waals surface area contributed by atoms with E-state index in [4.69, 9.17) is 47.4 Å². The van der Waals surface area contributed by atoms with E-state index >= 15 is 0 Å². The summed E-state index contributed by atoms with van der Waals surface area (Å²) in [5.74, 6) is -5.13. The lowest BCUT2D eigenvalue weighted by atomic mass is 9.72. The van der Waals surface area contributed by atoms with Crippen molar-refractivity contribution < 1.29 is 87.0 Å². The number of rotatable bonds is 10. The predicted octanol–water partition coefficient (Wildman–Crippen LogP) is 0.285. The highest BCUT2D eigenvalue weighted by atomic mass is 16.8. The van der Waals surface area contributed by atoms with Crippen molar-refractivity contribution in [2.45, 2.75) is 138 Å². The lowest BCUT2D eigenvalue weighted by Crippen LogP contribution is -2.65. The number of hydrogen-bond acceptors (Lipinski definition) is 18. The molecule has 18 nitrogen and oxygen atoms in total. The molecule has 6 fully saturated rings. The normalized spacial score (nSPS) is 43.4. The second-order valence-electron chi connectivity index (χ2n) is 16.0. The van der Waals surface area contributed by atoms with E-state index in [2.05, 4.69) is 0 Å². The molecule has 18 heteroatoms. The van der Waals surface area contributed by atoms with Gasteiger partial charge in [0.15, 0.2) is 30.2 Å². The van der Waals surface area contributed by atoms with E-state index in [9.17, 15) is 39.6 Å². The van der Waals surface area contributed by atoms with E-state index in [1.165, 1.54) is 13.0 Å². The molecule has 0 unspecified atom stereocenters. The van der Waals surface area contributed by atoms with Crippen LogP contribution in [0.4, 0.5) is 0 Å². The van der Waals surface area contributed by atoms with Crippen molar-refractivity contribution >= 4 is 30.0 Å². The molecule has 6 aliphatic rings. The maximum absolute atomic E-state index is 14.0. The van der Waals surface area contributed by atoms with Crippen molar-refractivity contribution in [2.24, 2.45) is 17.8 Å². The first-order valence-electron chi connectivity index (χ1n) is 19.7. The van der Waals surface area contributed by atoms with E-state index in [1.807, 2.05) is 37.3 Å². The van der Waals surface area contributed by atoms with Gasteiger partial charge < -0.3 is 67.8 Å². The first-order valence-corrected chi connectivity index (χ1v) is 19.7. The van der Waals surface area contributed by atoms with Crippen LogP contribution < -0.4 is 0 Å². The highest BCUT2D eigenvalue weighted by Crippen LogP contribution is 2.62. The summed E-state index contributed by atoms with van der Waals surface area (Å²) in [6.07, 6.45) is -12.2. The number of carbonyl (C=O) groups excluding carboxylic acids is 4. The number of esters is 4. The molecule has 0 amide bonds. The van der Waals surface area contributed by atoms with Gasteiger partial charge in [-0.1, -0.05) is 37.3 Å². The van der Waals surface area contributed by atoms with Gasteiger partial charge in [0.05, 0.1) is 37.9 Å². The van der Waals surface area contributed by atoms with Crippen LogP contribution in [-0.2, 0) is 66.5 Å². The monoisotopic (exact) mass is 820 g/mol. The third-order valence-electron chi connectivity index (χ3n) is 12.0. The van der Waals surface area contributed by atoms with E-state index in [0.29, 0.717) is 19.4 Å². The van der Waals surface area contributed by atoms with Gasteiger partial charge in [-0.25, -0.2) is 4.79 Å². The molecule has 7 rings (SSSR count). The minimum atomic E-state index is -1.78. The number of fused-ring (bicyclic) bond motifs is 3. The molecule has 17 atom stereocenters. The minimum Gasteiger partial charge on any atom is -0.459 e. The Kier molecular flexibility index (Phi) is 12.6. The van der Waals surface area contributed by atoms with Crippen LogP contribution in [0, 0.1) is 17.8 Å². The molecule has 5 saturated heterocycles. The van der Waals surface area contributed by atoms with Crippen molar-refractivity contribution in [2.75, 3.05) is 19.8 Å². The Bertz CT molecular complexity index is 1680. The van der Waals surface area contributed by atoms with Crippen LogP contribution in [-0.4, -0.2) is 149 Å². The number of ether oxygens (including phenoxy) is 10. The maximum Gasteiger partial charge on any atom is 0.331 e. The highest BCUT2D eigenvalue weighted by Gasteiger charge is 2.76. The second kappa shape index (κ2) is 17.2. The number of benzene rings is 1. The lowest BCUT2D eigenvalue weighted by Gasteiger charge is -2.46. The summed E-state index contributed by atoms with van der Waals surface area (Å²) in [4.78, 5) is 50.9. The van der Waals surface area contributed by atoms with Gasteiger partial charge in [0.2, 0.25) is 12.1 Å². The molecule has 5 heterocycles. The molecule has 1 aromatic carbocycles. The van der Waals surface area contributed by atoms with Crippen LogP contribution in [0.2, 0.25) is 0 Å². The molecule has 1 aliphatic carbocycles. The average Bonchev–Trinajstić information content (AvgIpc) is 3.96. The Morgan fingerprint density at radius 3 is 2.22 bits per heavy atom. The highest BCUT2D eigenvalue weighted by molar-refractivity contribution is 5.87. The van der Waals surface area contributed by atoms with E-state index in [0.717, 1.165) is 19.4 Å². The zero-order valence-electron chi connectivity index (χ0n) is 32.7. The Morgan fingerprint density at radius 1 is 0.845 bits per heavy atom. The summed E-state index contributed by atoms with van der Waals surface area (Å²) in [7, 11) is 0.